The van der Waals surface area contributed by atoms with Crippen molar-refractivity contribution in [1.82, 2.24) is 0 Å². The van der Waals surface area contributed by atoms with Crippen LogP contribution in [-0.2, 0) is 0 Å². The van der Waals surface area contributed by atoms with Gasteiger partial charge in [-0.05, 0) is 6.92 Å². The Morgan fingerprint density at radius 1 is 1.33 bits per heavy atom. The summed E-state index contributed by atoms with van der Waals surface area (Å²) in [7, 11) is 0. The van der Waals surface area contributed by atoms with E-state index in [-0.39, 0.29) is 77.6 Å². The van der Waals surface area contributed by atoms with Crippen LogP contribution in [0.4, 0.5) is 0 Å². The van der Waals surface area contributed by atoms with Gasteiger partial charge in [0.1, 0.15) is 0 Å². The van der Waals surface area contributed by atoms with E-state index in [4.69, 9.17) is 5.11 Å². The van der Waals surface area contributed by atoms with Gasteiger partial charge in [0.2, 0.25) is 0 Å². The molecule has 0 aliphatic rings. The minimum Gasteiger partial charge on any atom is -1.00 e. The summed E-state index contributed by atoms with van der Waals surface area (Å²) < 4.78 is 0. The predicted molar refractivity (Wildman–Crippen MR) is 18.5 cm³/mol. The maximum absolute atomic E-state index is 7.57. The van der Waals surface area contributed by atoms with E-state index in [2.05, 4.69) is 0 Å². The molecule has 0 saturated heterocycles. The first kappa shape index (κ1) is 24.1. The average molecular weight is 324 g/mol. The molecule has 0 aromatic rings. The molecule has 36 valence electrons. The summed E-state index contributed by atoms with van der Waals surface area (Å²) in [5, 5.41) is 7.57. The molecule has 0 heterocycles. The molecule has 1 nitrogen and oxygen atoms in total. The molecule has 0 amide bonds. The standard InChI is InChI=1S/C2H6O.2HI.Mg/c1-2-3;;;/h3H,2H2,1H3;2*1H;/q;;;+2/p-2. The van der Waals surface area contributed by atoms with E-state index in [0.717, 1.165) is 0 Å². The van der Waals surface area contributed by atoms with Crippen molar-refractivity contribution in [2.45, 2.75) is 6.92 Å². The summed E-state index contributed by atoms with van der Waals surface area (Å²) in [5.74, 6) is 0. The van der Waals surface area contributed by atoms with Crippen molar-refractivity contribution >= 4 is 23.1 Å². The molecule has 0 spiro atoms. The van der Waals surface area contributed by atoms with Gasteiger partial charge in [0.05, 0.1) is 0 Å². The number of hydrogen-bond donors (Lipinski definition) is 1. The summed E-state index contributed by atoms with van der Waals surface area (Å²) in [5.41, 5.74) is 0. The third kappa shape index (κ3) is 34.8. The number of aliphatic hydroxyl groups is 1. The van der Waals surface area contributed by atoms with Gasteiger partial charge in [-0.2, -0.15) is 0 Å². The smallest absolute Gasteiger partial charge is 1.00 e. The molecule has 1 N–H and O–H groups in total. The van der Waals surface area contributed by atoms with Gasteiger partial charge in [0.15, 0.2) is 0 Å². The van der Waals surface area contributed by atoms with Crippen molar-refractivity contribution < 1.29 is 53.1 Å². The van der Waals surface area contributed by atoms with E-state index < -0.39 is 0 Å². The molecule has 0 fully saturated rings. The molecule has 0 aliphatic carbocycles. The van der Waals surface area contributed by atoms with Gasteiger partial charge < -0.3 is 53.1 Å². The first-order valence-electron chi connectivity index (χ1n) is 1.02. The summed E-state index contributed by atoms with van der Waals surface area (Å²) in [4.78, 5) is 0. The van der Waals surface area contributed by atoms with Crippen molar-refractivity contribution in [2.24, 2.45) is 0 Å². The van der Waals surface area contributed by atoms with Gasteiger partial charge in [-0.3, -0.25) is 0 Å². The molecule has 4 heteroatoms. The molecular weight excluding hydrogens is 318 g/mol. The van der Waals surface area contributed by atoms with E-state index in [1.807, 2.05) is 0 Å². The number of rotatable bonds is 0. The Balaban J connectivity index is -0.00000000667. The fourth-order valence-corrected chi connectivity index (χ4v) is 0. The van der Waals surface area contributed by atoms with Crippen molar-refractivity contribution in [1.29, 1.82) is 0 Å². The monoisotopic (exact) mass is 324 g/mol. The van der Waals surface area contributed by atoms with E-state index in [1.54, 1.807) is 6.92 Å². The quantitative estimate of drug-likeness (QED) is 0.347. The molecule has 0 unspecified atom stereocenters. The Morgan fingerprint density at radius 2 is 1.33 bits per heavy atom. The first-order chi connectivity index (χ1) is 1.41. The summed E-state index contributed by atoms with van der Waals surface area (Å²) >= 11 is 0. The van der Waals surface area contributed by atoms with Crippen molar-refractivity contribution in [3.8, 4) is 0 Å². The van der Waals surface area contributed by atoms with E-state index in [9.17, 15) is 0 Å². The predicted octanol–water partition coefficient (Wildman–Crippen LogP) is -6.37. The van der Waals surface area contributed by atoms with Crippen LogP contribution in [-0.4, -0.2) is 34.8 Å². The summed E-state index contributed by atoms with van der Waals surface area (Å²) in [6, 6.07) is 0. The second-order valence-corrected chi connectivity index (χ2v) is 0.316. The maximum atomic E-state index is 7.57. The first-order valence-corrected chi connectivity index (χ1v) is 1.02. The third-order valence-electron chi connectivity index (χ3n) is 0. The molecule has 0 aromatic carbocycles. The van der Waals surface area contributed by atoms with Crippen LogP contribution in [0.5, 0.6) is 0 Å². The van der Waals surface area contributed by atoms with Crippen molar-refractivity contribution in [3.05, 3.63) is 0 Å². The zero-order chi connectivity index (χ0) is 2.71. The van der Waals surface area contributed by atoms with Crippen LogP contribution in [0.3, 0.4) is 0 Å². The molecule has 0 atom stereocenters. The fourth-order valence-electron chi connectivity index (χ4n) is 0. The van der Waals surface area contributed by atoms with Gasteiger partial charge >= 0.3 is 23.1 Å². The van der Waals surface area contributed by atoms with Crippen LogP contribution >= 0.6 is 0 Å². The van der Waals surface area contributed by atoms with Gasteiger partial charge in [0, 0.05) is 6.61 Å². The van der Waals surface area contributed by atoms with E-state index in [0.29, 0.717) is 0 Å². The number of hydrogen-bond acceptors (Lipinski definition) is 1. The van der Waals surface area contributed by atoms with Crippen molar-refractivity contribution in [3.63, 3.8) is 0 Å². The molecule has 0 saturated carbocycles. The molecule has 0 aliphatic heterocycles. The average Bonchev–Trinajstić information content (AvgIpc) is 0.918. The Kier molecular flexibility index (Phi) is 109. The van der Waals surface area contributed by atoms with Crippen molar-refractivity contribution in [2.75, 3.05) is 6.61 Å². The Hall–Kier alpha value is 2.19. The van der Waals surface area contributed by atoms with E-state index in [1.165, 1.54) is 0 Å². The minimum atomic E-state index is 0. The van der Waals surface area contributed by atoms with Gasteiger partial charge in [0.25, 0.3) is 0 Å². The van der Waals surface area contributed by atoms with Crippen LogP contribution in [0.25, 0.3) is 0 Å². The molecule has 0 bridgehead atoms. The fraction of sp³-hybridized carbons (Fsp3) is 1.00. The largest absolute Gasteiger partial charge is 2.00 e. The maximum Gasteiger partial charge on any atom is 2.00 e. The molecule has 6 heavy (non-hydrogen) atoms. The molecule has 0 radical (unpaired) electrons. The third-order valence-corrected chi connectivity index (χ3v) is 0. The second-order valence-electron chi connectivity index (χ2n) is 0.316. The topological polar surface area (TPSA) is 20.2 Å². The normalized spacial score (nSPS) is 3.00. The minimum absolute atomic E-state index is 0. The van der Waals surface area contributed by atoms with Crippen LogP contribution < -0.4 is 48.0 Å². The van der Waals surface area contributed by atoms with Crippen LogP contribution in [0.2, 0.25) is 0 Å². The van der Waals surface area contributed by atoms with Crippen LogP contribution in [0.1, 0.15) is 6.92 Å². The Labute approximate surface area is 88.5 Å². The summed E-state index contributed by atoms with van der Waals surface area (Å²) in [6.07, 6.45) is 0. The van der Waals surface area contributed by atoms with Crippen LogP contribution in [0.15, 0.2) is 0 Å². The molecule has 0 rings (SSSR count). The molecule has 0 aromatic heterocycles. The second kappa shape index (κ2) is 27.1. The zero-order valence-electron chi connectivity index (χ0n) is 3.62. The van der Waals surface area contributed by atoms with Gasteiger partial charge in [-0.25, -0.2) is 0 Å². The number of halogens is 2. The molecular formula is C2H6I2MgO. The Morgan fingerprint density at radius 3 is 1.33 bits per heavy atom. The van der Waals surface area contributed by atoms with Gasteiger partial charge in [-0.15, -0.1) is 0 Å². The van der Waals surface area contributed by atoms with E-state index >= 15 is 0 Å². The van der Waals surface area contributed by atoms with Gasteiger partial charge in [-0.1, -0.05) is 0 Å². The zero-order valence-corrected chi connectivity index (χ0v) is 9.35. The summed E-state index contributed by atoms with van der Waals surface area (Å²) in [6.45, 7) is 1.93. The van der Waals surface area contributed by atoms with Crippen LogP contribution in [0, 0.1) is 0 Å². The number of aliphatic hydroxyl groups excluding tert-OH is 1. The SMILES string of the molecule is CCO.[I-].[I-].[Mg+2]. The Bertz CT molecular complexity index is 11.5.